The number of benzene rings is 1. The van der Waals surface area contributed by atoms with Gasteiger partial charge in [-0.05, 0) is 55.5 Å². The van der Waals surface area contributed by atoms with Crippen molar-refractivity contribution in [1.82, 2.24) is 10.2 Å². The molecule has 0 saturated carbocycles. The van der Waals surface area contributed by atoms with E-state index >= 15 is 0 Å². The van der Waals surface area contributed by atoms with E-state index in [4.69, 9.17) is 0 Å². The van der Waals surface area contributed by atoms with Gasteiger partial charge in [0.2, 0.25) is 0 Å². The first kappa shape index (κ1) is 20.6. The highest BCUT2D eigenvalue weighted by Gasteiger charge is 2.38. The molecule has 150 valence electrons. The molecule has 4 rings (SSSR count). The van der Waals surface area contributed by atoms with E-state index in [1.54, 1.807) is 12.1 Å². The van der Waals surface area contributed by atoms with Crippen molar-refractivity contribution >= 4 is 46.4 Å². The van der Waals surface area contributed by atoms with Crippen LogP contribution in [-0.4, -0.2) is 43.0 Å². The molecule has 6 nitrogen and oxygen atoms in total. The van der Waals surface area contributed by atoms with E-state index in [0.717, 1.165) is 44.7 Å². The summed E-state index contributed by atoms with van der Waals surface area (Å²) in [6.07, 6.45) is 3.36. The number of hydrogen-bond acceptors (Lipinski definition) is 4. The van der Waals surface area contributed by atoms with Crippen LogP contribution in [0.4, 0.5) is 15.5 Å². The van der Waals surface area contributed by atoms with Crippen LogP contribution in [-0.2, 0) is 0 Å². The lowest BCUT2D eigenvalue weighted by molar-refractivity contribution is 0.0612. The van der Waals surface area contributed by atoms with E-state index in [0.29, 0.717) is 15.3 Å². The second kappa shape index (κ2) is 8.94. The molecule has 2 aromatic rings. The maximum atomic E-state index is 12.8. The van der Waals surface area contributed by atoms with E-state index in [2.05, 4.69) is 16.0 Å². The van der Waals surface area contributed by atoms with Gasteiger partial charge in [-0.3, -0.25) is 10.1 Å². The molecule has 3 N–H and O–H groups in total. The maximum absolute atomic E-state index is 12.8. The van der Waals surface area contributed by atoms with E-state index in [1.807, 2.05) is 35.2 Å². The zero-order valence-electron chi connectivity index (χ0n) is 15.6. The molecule has 3 amide bonds. The standard InChI is InChI=1S/C20H24N4O2S.ClH/c25-18(24-12-9-20(10-13-24)8-11-21-14-20)16-6-7-17(27-16)23-19(26)22-15-4-2-1-3-5-15;/h1-7,21H,8-14H2,(H2,22,23,26);1H. The van der Waals surface area contributed by atoms with Gasteiger partial charge in [0.1, 0.15) is 0 Å². The topological polar surface area (TPSA) is 73.5 Å². The second-order valence-electron chi connectivity index (χ2n) is 7.33. The van der Waals surface area contributed by atoms with Gasteiger partial charge in [0.25, 0.3) is 5.91 Å². The number of urea groups is 1. The monoisotopic (exact) mass is 420 g/mol. The SMILES string of the molecule is Cl.O=C(Nc1ccccc1)Nc1ccc(C(=O)N2CCC3(CCNC3)CC2)s1. The minimum Gasteiger partial charge on any atom is -0.338 e. The molecule has 2 aliphatic rings. The van der Waals surface area contributed by atoms with Crippen LogP contribution >= 0.6 is 23.7 Å². The number of nitrogens with zero attached hydrogens (tertiary/aromatic N) is 1. The molecule has 28 heavy (non-hydrogen) atoms. The van der Waals surface area contributed by atoms with Crippen LogP contribution < -0.4 is 16.0 Å². The Morgan fingerprint density at radius 3 is 2.43 bits per heavy atom. The van der Waals surface area contributed by atoms with Crippen molar-refractivity contribution in [3.63, 3.8) is 0 Å². The molecule has 2 aliphatic heterocycles. The highest BCUT2D eigenvalue weighted by atomic mass is 35.5. The van der Waals surface area contributed by atoms with E-state index in [9.17, 15) is 9.59 Å². The van der Waals surface area contributed by atoms with Gasteiger partial charge in [0.15, 0.2) is 0 Å². The smallest absolute Gasteiger partial charge is 0.324 e. The van der Waals surface area contributed by atoms with E-state index in [-0.39, 0.29) is 24.3 Å². The highest BCUT2D eigenvalue weighted by molar-refractivity contribution is 7.18. The minimum absolute atomic E-state index is 0. The molecule has 1 aromatic heterocycles. The number of nitrogens with one attached hydrogen (secondary N) is 3. The summed E-state index contributed by atoms with van der Waals surface area (Å²) in [5.41, 5.74) is 1.13. The molecule has 0 radical (unpaired) electrons. The number of rotatable bonds is 3. The highest BCUT2D eigenvalue weighted by Crippen LogP contribution is 2.37. The molecule has 8 heteroatoms. The lowest BCUT2D eigenvalue weighted by atomic mass is 9.78. The fraction of sp³-hybridized carbons (Fsp3) is 0.400. The van der Waals surface area contributed by atoms with Crippen molar-refractivity contribution in [2.45, 2.75) is 19.3 Å². The Balaban J connectivity index is 0.00000225. The Bertz CT molecular complexity index is 811. The number of halogens is 1. The molecule has 2 fully saturated rings. The van der Waals surface area contributed by atoms with Crippen LogP contribution in [0.25, 0.3) is 0 Å². The molecule has 0 bridgehead atoms. The molecule has 0 unspecified atom stereocenters. The van der Waals surface area contributed by atoms with Crippen LogP contribution in [0, 0.1) is 5.41 Å². The van der Waals surface area contributed by atoms with Crippen LogP contribution in [0.5, 0.6) is 0 Å². The summed E-state index contributed by atoms with van der Waals surface area (Å²) in [7, 11) is 0. The van der Waals surface area contributed by atoms with Crippen LogP contribution in [0.3, 0.4) is 0 Å². The quantitative estimate of drug-likeness (QED) is 0.701. The first-order valence-corrected chi connectivity index (χ1v) is 10.2. The molecule has 3 heterocycles. The molecule has 0 atom stereocenters. The van der Waals surface area contributed by atoms with E-state index in [1.165, 1.54) is 17.8 Å². The van der Waals surface area contributed by atoms with Gasteiger partial charge in [-0.1, -0.05) is 18.2 Å². The van der Waals surface area contributed by atoms with Gasteiger partial charge in [-0.25, -0.2) is 4.79 Å². The number of para-hydroxylation sites is 1. The first-order valence-electron chi connectivity index (χ1n) is 9.37. The summed E-state index contributed by atoms with van der Waals surface area (Å²) in [4.78, 5) is 27.5. The number of piperidine rings is 1. The number of likely N-dealkylation sites (tertiary alicyclic amines) is 1. The largest absolute Gasteiger partial charge is 0.338 e. The fourth-order valence-electron chi connectivity index (χ4n) is 3.88. The zero-order valence-corrected chi connectivity index (χ0v) is 17.2. The van der Waals surface area contributed by atoms with Gasteiger partial charge in [-0.2, -0.15) is 0 Å². The number of carbonyl (C=O) groups is 2. The number of carbonyl (C=O) groups excluding carboxylic acids is 2. The van der Waals surface area contributed by atoms with Gasteiger partial charge in [0, 0.05) is 25.3 Å². The Hall–Kier alpha value is -2.09. The molecular weight excluding hydrogens is 396 g/mol. The van der Waals surface area contributed by atoms with Crippen LogP contribution in [0.15, 0.2) is 42.5 Å². The average Bonchev–Trinajstić information content (AvgIpc) is 3.33. The van der Waals surface area contributed by atoms with E-state index < -0.39 is 0 Å². The summed E-state index contributed by atoms with van der Waals surface area (Å²) < 4.78 is 0. The molecule has 1 aromatic carbocycles. The molecular formula is C20H25ClN4O2S. The van der Waals surface area contributed by atoms with Crippen LogP contribution in [0.1, 0.15) is 28.9 Å². The molecule has 1 spiro atoms. The normalized spacial score (nSPS) is 17.8. The van der Waals surface area contributed by atoms with Crippen molar-refractivity contribution in [1.29, 1.82) is 0 Å². The number of amides is 3. The van der Waals surface area contributed by atoms with Crippen molar-refractivity contribution in [2.24, 2.45) is 5.41 Å². The summed E-state index contributed by atoms with van der Waals surface area (Å²) >= 11 is 1.32. The maximum Gasteiger partial charge on any atom is 0.324 e. The van der Waals surface area contributed by atoms with Gasteiger partial charge in [-0.15, -0.1) is 23.7 Å². The Kier molecular flexibility index (Phi) is 6.59. The second-order valence-corrected chi connectivity index (χ2v) is 8.41. The Morgan fingerprint density at radius 2 is 1.75 bits per heavy atom. The first-order chi connectivity index (χ1) is 13.1. The third-order valence-electron chi connectivity index (χ3n) is 5.53. The van der Waals surface area contributed by atoms with Gasteiger partial charge >= 0.3 is 6.03 Å². The summed E-state index contributed by atoms with van der Waals surface area (Å²) in [5.74, 6) is 0.0670. The predicted octanol–water partition coefficient (Wildman–Crippen LogP) is 4.03. The van der Waals surface area contributed by atoms with Gasteiger partial charge in [0.05, 0.1) is 9.88 Å². The Labute approximate surface area is 175 Å². The number of anilines is 2. The molecule has 2 saturated heterocycles. The minimum atomic E-state index is -0.310. The third-order valence-corrected chi connectivity index (χ3v) is 6.52. The fourth-order valence-corrected chi connectivity index (χ4v) is 4.75. The summed E-state index contributed by atoms with van der Waals surface area (Å²) in [6, 6.07) is 12.5. The average molecular weight is 421 g/mol. The summed E-state index contributed by atoms with van der Waals surface area (Å²) in [5, 5.41) is 9.69. The van der Waals surface area contributed by atoms with Crippen molar-refractivity contribution in [2.75, 3.05) is 36.8 Å². The zero-order chi connectivity index (χ0) is 18.7. The third kappa shape index (κ3) is 4.66. The van der Waals surface area contributed by atoms with Gasteiger partial charge < -0.3 is 15.5 Å². The van der Waals surface area contributed by atoms with Crippen molar-refractivity contribution in [3.05, 3.63) is 47.3 Å². The number of thiophene rings is 1. The lowest BCUT2D eigenvalue weighted by Crippen LogP contribution is -2.43. The van der Waals surface area contributed by atoms with Crippen LogP contribution in [0.2, 0.25) is 0 Å². The summed E-state index contributed by atoms with van der Waals surface area (Å²) in [6.45, 7) is 3.81. The molecule has 0 aliphatic carbocycles. The predicted molar refractivity (Wildman–Crippen MR) is 116 cm³/mol. The van der Waals surface area contributed by atoms with Crippen molar-refractivity contribution in [3.8, 4) is 0 Å². The van der Waals surface area contributed by atoms with Crippen molar-refractivity contribution < 1.29 is 9.59 Å². The Morgan fingerprint density at radius 1 is 1.00 bits per heavy atom. The lowest BCUT2D eigenvalue weighted by Gasteiger charge is -2.38. The number of hydrogen-bond donors (Lipinski definition) is 3.